The number of carboxylic acid groups (broad SMARTS) is 1. The van der Waals surface area contributed by atoms with Crippen LogP contribution in [0, 0.1) is 10.1 Å². The smallest absolute Gasteiger partial charge is 0.405 e. The maximum atomic E-state index is 13.9. The molecule has 5 rings (SSSR count). The molecule has 0 fully saturated rings. The van der Waals surface area contributed by atoms with E-state index in [1.54, 1.807) is 73.3 Å². The van der Waals surface area contributed by atoms with Crippen LogP contribution >= 0.6 is 0 Å². The molecule has 1 atom stereocenters. The lowest BCUT2D eigenvalue weighted by molar-refractivity contribution is -0.384. The Hall–Kier alpha value is -5.71. The number of aryl methyl sites for hydroxylation is 1. The molecule has 1 heterocycles. The van der Waals surface area contributed by atoms with Gasteiger partial charge in [0.1, 0.15) is 11.8 Å². The Bertz CT molecular complexity index is 1760. The van der Waals surface area contributed by atoms with E-state index in [4.69, 9.17) is 9.84 Å². The Morgan fingerprint density at radius 2 is 1.67 bits per heavy atom. The molecule has 0 saturated carbocycles. The number of fused-ring (bicyclic) bond motifs is 1. The summed E-state index contributed by atoms with van der Waals surface area (Å²) in [5.74, 6) is -0.115. The van der Waals surface area contributed by atoms with Crippen LogP contribution in [0.25, 0.3) is 11.1 Å². The number of carbonyl (C=O) groups is 3. The summed E-state index contributed by atoms with van der Waals surface area (Å²) in [7, 11) is 0. The molecule has 4 aromatic rings. The normalized spacial score (nSPS) is 14.5. The SMILES string of the molecule is CC(C)(CC(=O)N[C@@H]1CCc2ccccc2N(Cc2ccc(-c3cccc(Oc4ccccc4)c3[N+](=O)[O-])cc2)C1=O)NC(=O)O. The summed E-state index contributed by atoms with van der Waals surface area (Å²) in [5.41, 5.74) is 2.31. The predicted molar refractivity (Wildman–Crippen MR) is 173 cm³/mol. The fraction of sp³-hybridized carbons (Fsp3) is 0.229. The third-order valence-electron chi connectivity index (χ3n) is 7.69. The van der Waals surface area contributed by atoms with Crippen LogP contribution in [0.1, 0.15) is 37.8 Å². The Labute approximate surface area is 266 Å². The van der Waals surface area contributed by atoms with Crippen molar-refractivity contribution in [1.82, 2.24) is 10.6 Å². The molecule has 4 aromatic carbocycles. The molecule has 11 nitrogen and oxygen atoms in total. The van der Waals surface area contributed by atoms with Crippen LogP contribution in [0.4, 0.5) is 16.2 Å². The zero-order valence-electron chi connectivity index (χ0n) is 25.4. The standard InChI is InChI=1S/C35H34N4O7/c1-35(2,37-34(42)43)21-31(40)36-28-20-19-25-9-6-7-13-29(25)38(33(28)41)22-23-15-17-24(18-16-23)27-12-8-14-30(32(27)39(44)45)46-26-10-4-3-5-11-26/h3-18,28,37H,19-22H2,1-2H3,(H,36,40)(H,42,43)/t28-/m1/s1. The van der Waals surface area contributed by atoms with Crippen LogP contribution in [0.2, 0.25) is 0 Å². The van der Waals surface area contributed by atoms with Crippen molar-refractivity contribution in [2.45, 2.75) is 51.2 Å². The van der Waals surface area contributed by atoms with Crippen molar-refractivity contribution in [3.8, 4) is 22.6 Å². The summed E-state index contributed by atoms with van der Waals surface area (Å²) < 4.78 is 5.85. The molecule has 3 amide bonds. The highest BCUT2D eigenvalue weighted by atomic mass is 16.6. The second-order valence-electron chi connectivity index (χ2n) is 11.7. The predicted octanol–water partition coefficient (Wildman–Crippen LogP) is 6.45. The second kappa shape index (κ2) is 13.5. The molecule has 0 unspecified atom stereocenters. The average molecular weight is 623 g/mol. The molecule has 0 aromatic heterocycles. The molecule has 0 bridgehead atoms. The van der Waals surface area contributed by atoms with Crippen molar-refractivity contribution in [2.24, 2.45) is 0 Å². The average Bonchev–Trinajstić information content (AvgIpc) is 3.13. The van der Waals surface area contributed by atoms with E-state index in [1.165, 1.54) is 0 Å². The maximum absolute atomic E-state index is 13.9. The first-order valence-electron chi connectivity index (χ1n) is 14.8. The van der Waals surface area contributed by atoms with Gasteiger partial charge in [-0.25, -0.2) is 4.79 Å². The van der Waals surface area contributed by atoms with E-state index in [0.29, 0.717) is 29.7 Å². The van der Waals surface area contributed by atoms with E-state index in [0.717, 1.165) is 16.8 Å². The molecule has 1 aliphatic heterocycles. The Morgan fingerprint density at radius 1 is 0.978 bits per heavy atom. The van der Waals surface area contributed by atoms with Gasteiger partial charge in [-0.05, 0) is 73.7 Å². The van der Waals surface area contributed by atoms with Crippen LogP contribution < -0.4 is 20.3 Å². The number of rotatable bonds is 10. The molecule has 11 heteroatoms. The summed E-state index contributed by atoms with van der Waals surface area (Å²) in [4.78, 5) is 51.3. The van der Waals surface area contributed by atoms with Gasteiger partial charge in [0, 0.05) is 17.6 Å². The van der Waals surface area contributed by atoms with E-state index in [1.807, 2.05) is 42.5 Å². The molecule has 3 N–H and O–H groups in total. The molecular weight excluding hydrogens is 588 g/mol. The molecular formula is C35H34N4O7. The minimum absolute atomic E-state index is 0.125. The molecule has 236 valence electrons. The van der Waals surface area contributed by atoms with Gasteiger partial charge >= 0.3 is 11.8 Å². The molecule has 1 aliphatic rings. The molecule has 0 radical (unpaired) electrons. The highest BCUT2D eigenvalue weighted by Gasteiger charge is 2.33. The minimum Gasteiger partial charge on any atom is -0.465 e. The van der Waals surface area contributed by atoms with Gasteiger partial charge in [-0.3, -0.25) is 19.7 Å². The molecule has 46 heavy (non-hydrogen) atoms. The van der Waals surface area contributed by atoms with E-state index >= 15 is 0 Å². The van der Waals surface area contributed by atoms with Crippen molar-refractivity contribution >= 4 is 29.3 Å². The highest BCUT2D eigenvalue weighted by Crippen LogP contribution is 2.40. The lowest BCUT2D eigenvalue weighted by Crippen LogP contribution is -2.51. The number of ether oxygens (including phenoxy) is 1. The van der Waals surface area contributed by atoms with Crippen LogP contribution in [-0.4, -0.2) is 39.5 Å². The number of benzene rings is 4. The van der Waals surface area contributed by atoms with Gasteiger partial charge in [0.15, 0.2) is 0 Å². The van der Waals surface area contributed by atoms with Crippen LogP contribution in [0.5, 0.6) is 11.5 Å². The van der Waals surface area contributed by atoms with Crippen molar-refractivity contribution in [1.29, 1.82) is 0 Å². The summed E-state index contributed by atoms with van der Waals surface area (Å²) >= 11 is 0. The summed E-state index contributed by atoms with van der Waals surface area (Å²) in [6.45, 7) is 3.40. The number of nitrogens with one attached hydrogen (secondary N) is 2. The van der Waals surface area contributed by atoms with Crippen molar-refractivity contribution in [2.75, 3.05) is 4.90 Å². The number of amides is 3. The summed E-state index contributed by atoms with van der Waals surface area (Å²) in [6.07, 6.45) is -0.431. The van der Waals surface area contributed by atoms with E-state index in [2.05, 4.69) is 10.6 Å². The van der Waals surface area contributed by atoms with Crippen molar-refractivity contribution in [3.05, 3.63) is 118 Å². The third-order valence-corrected chi connectivity index (χ3v) is 7.69. The topological polar surface area (TPSA) is 151 Å². The van der Waals surface area contributed by atoms with E-state index < -0.39 is 28.5 Å². The largest absolute Gasteiger partial charge is 0.465 e. The molecule has 0 aliphatic carbocycles. The van der Waals surface area contributed by atoms with Crippen molar-refractivity contribution in [3.63, 3.8) is 0 Å². The van der Waals surface area contributed by atoms with Gasteiger partial charge in [0.25, 0.3) is 0 Å². The fourth-order valence-corrected chi connectivity index (χ4v) is 5.61. The molecule has 0 spiro atoms. The van der Waals surface area contributed by atoms with Gasteiger partial charge < -0.3 is 25.4 Å². The second-order valence-corrected chi connectivity index (χ2v) is 11.7. The number of hydrogen-bond donors (Lipinski definition) is 3. The zero-order chi connectivity index (χ0) is 32.8. The fourth-order valence-electron chi connectivity index (χ4n) is 5.61. The minimum atomic E-state index is -1.24. The first kappa shape index (κ1) is 31.7. The highest BCUT2D eigenvalue weighted by molar-refractivity contribution is 6.00. The van der Waals surface area contributed by atoms with Crippen LogP contribution in [0.3, 0.4) is 0 Å². The third kappa shape index (κ3) is 7.49. The monoisotopic (exact) mass is 622 g/mol. The number of hydrogen-bond acceptors (Lipinski definition) is 6. The number of carbonyl (C=O) groups excluding carboxylic acids is 2. The van der Waals surface area contributed by atoms with Gasteiger partial charge in [-0.1, -0.05) is 66.7 Å². The van der Waals surface area contributed by atoms with Gasteiger partial charge in [0.05, 0.1) is 17.0 Å². The quantitative estimate of drug-likeness (QED) is 0.136. The number of anilines is 1. The van der Waals surface area contributed by atoms with Crippen molar-refractivity contribution < 1.29 is 29.2 Å². The first-order chi connectivity index (χ1) is 22.0. The van der Waals surface area contributed by atoms with E-state index in [-0.39, 0.29) is 30.3 Å². The van der Waals surface area contributed by atoms with E-state index in [9.17, 15) is 24.5 Å². The van der Waals surface area contributed by atoms with Crippen LogP contribution in [-0.2, 0) is 22.6 Å². The summed E-state index contributed by atoms with van der Waals surface area (Å²) in [6, 6.07) is 27.7. The lowest BCUT2D eigenvalue weighted by Gasteiger charge is -2.28. The number of nitro benzene ring substituents is 1. The number of para-hydroxylation sites is 3. The zero-order valence-corrected chi connectivity index (χ0v) is 25.4. The molecule has 0 saturated heterocycles. The number of nitro groups is 1. The lowest BCUT2D eigenvalue weighted by atomic mass is 9.99. The number of nitrogens with zero attached hydrogens (tertiary/aromatic N) is 2. The maximum Gasteiger partial charge on any atom is 0.405 e. The van der Waals surface area contributed by atoms with Gasteiger partial charge in [-0.2, -0.15) is 0 Å². The van der Waals surface area contributed by atoms with Gasteiger partial charge in [0.2, 0.25) is 17.6 Å². The first-order valence-corrected chi connectivity index (χ1v) is 14.8. The van der Waals surface area contributed by atoms with Crippen LogP contribution in [0.15, 0.2) is 97.1 Å². The van der Waals surface area contributed by atoms with Gasteiger partial charge in [-0.15, -0.1) is 0 Å². The Balaban J connectivity index is 1.38. The summed E-state index contributed by atoms with van der Waals surface area (Å²) in [5, 5.41) is 26.4. The Morgan fingerprint density at radius 3 is 2.37 bits per heavy atom. The Kier molecular flexibility index (Phi) is 9.31.